The van der Waals surface area contributed by atoms with E-state index in [9.17, 15) is 10.1 Å². The third-order valence-electron chi connectivity index (χ3n) is 4.93. The SMILES string of the molecule is Cc1sc(NC(=O)c2c3c(nc4ccc(Cl)cc24)CCC3)c(C#N)c1C. The molecule has 26 heavy (non-hydrogen) atoms. The monoisotopic (exact) mass is 381 g/mol. The minimum atomic E-state index is -0.199. The van der Waals surface area contributed by atoms with E-state index in [0.29, 0.717) is 21.2 Å². The topological polar surface area (TPSA) is 65.8 Å². The van der Waals surface area contributed by atoms with Gasteiger partial charge in [0.05, 0.1) is 16.6 Å². The van der Waals surface area contributed by atoms with Crippen molar-refractivity contribution in [1.29, 1.82) is 5.26 Å². The third-order valence-corrected chi connectivity index (χ3v) is 6.28. The fraction of sp³-hybridized carbons (Fsp3) is 0.250. The van der Waals surface area contributed by atoms with Crippen molar-refractivity contribution in [3.8, 4) is 6.07 Å². The van der Waals surface area contributed by atoms with Gasteiger partial charge in [-0.2, -0.15) is 5.26 Å². The summed E-state index contributed by atoms with van der Waals surface area (Å²) in [5.41, 5.74) is 4.86. The number of carbonyl (C=O) groups is 1. The first-order valence-electron chi connectivity index (χ1n) is 8.42. The fourth-order valence-electron chi connectivity index (χ4n) is 3.51. The average Bonchev–Trinajstić information content (AvgIpc) is 3.17. The lowest BCUT2D eigenvalue weighted by Gasteiger charge is -2.12. The Morgan fingerprint density at radius 1 is 1.35 bits per heavy atom. The Kier molecular flexibility index (Phi) is 4.18. The minimum Gasteiger partial charge on any atom is -0.312 e. The lowest BCUT2D eigenvalue weighted by molar-refractivity contribution is 0.102. The highest BCUT2D eigenvalue weighted by Gasteiger charge is 2.25. The molecule has 4 rings (SSSR count). The number of fused-ring (bicyclic) bond motifs is 2. The van der Waals surface area contributed by atoms with Crippen molar-refractivity contribution in [3.63, 3.8) is 0 Å². The maximum absolute atomic E-state index is 13.2. The first kappa shape index (κ1) is 17.0. The molecule has 0 radical (unpaired) electrons. The molecule has 0 bridgehead atoms. The second-order valence-electron chi connectivity index (χ2n) is 6.48. The van der Waals surface area contributed by atoms with E-state index >= 15 is 0 Å². The van der Waals surface area contributed by atoms with Gasteiger partial charge in [0, 0.05) is 21.0 Å². The van der Waals surface area contributed by atoms with Crippen molar-refractivity contribution in [2.75, 3.05) is 5.32 Å². The number of anilines is 1. The van der Waals surface area contributed by atoms with Gasteiger partial charge in [0.1, 0.15) is 11.1 Å². The van der Waals surface area contributed by atoms with Gasteiger partial charge in [-0.1, -0.05) is 11.6 Å². The molecule has 3 aromatic rings. The Labute approximate surface area is 160 Å². The van der Waals surface area contributed by atoms with Crippen molar-refractivity contribution in [2.24, 2.45) is 0 Å². The summed E-state index contributed by atoms with van der Waals surface area (Å²) in [6.45, 7) is 3.86. The number of hydrogen-bond donors (Lipinski definition) is 1. The molecule has 1 aliphatic rings. The molecule has 0 unspecified atom stereocenters. The molecule has 0 aliphatic heterocycles. The third kappa shape index (κ3) is 2.66. The fourth-order valence-corrected chi connectivity index (χ4v) is 4.69. The van der Waals surface area contributed by atoms with Gasteiger partial charge >= 0.3 is 0 Å². The van der Waals surface area contributed by atoms with E-state index in [1.54, 1.807) is 12.1 Å². The Hall–Kier alpha value is -2.42. The molecule has 2 aromatic heterocycles. The number of thiophene rings is 1. The van der Waals surface area contributed by atoms with Gasteiger partial charge in [0.15, 0.2) is 0 Å². The number of benzene rings is 1. The molecule has 0 spiro atoms. The van der Waals surface area contributed by atoms with Crippen molar-refractivity contribution < 1.29 is 4.79 Å². The van der Waals surface area contributed by atoms with Crippen LogP contribution >= 0.6 is 22.9 Å². The largest absolute Gasteiger partial charge is 0.312 e. The summed E-state index contributed by atoms with van der Waals surface area (Å²) in [4.78, 5) is 18.9. The molecule has 2 heterocycles. The van der Waals surface area contributed by atoms with E-state index in [1.807, 2.05) is 19.9 Å². The van der Waals surface area contributed by atoms with Crippen molar-refractivity contribution >= 4 is 44.7 Å². The maximum atomic E-state index is 13.2. The van der Waals surface area contributed by atoms with Crippen LogP contribution in [0.25, 0.3) is 10.9 Å². The molecule has 0 atom stereocenters. The number of amides is 1. The summed E-state index contributed by atoms with van der Waals surface area (Å²) < 4.78 is 0. The van der Waals surface area contributed by atoms with Gasteiger partial charge in [-0.15, -0.1) is 11.3 Å². The summed E-state index contributed by atoms with van der Waals surface area (Å²) in [6, 6.07) is 7.65. The number of hydrogen-bond acceptors (Lipinski definition) is 4. The summed E-state index contributed by atoms with van der Waals surface area (Å²) >= 11 is 7.61. The Morgan fingerprint density at radius 2 is 2.15 bits per heavy atom. The minimum absolute atomic E-state index is 0.199. The second-order valence-corrected chi connectivity index (χ2v) is 8.14. The van der Waals surface area contributed by atoms with Crippen LogP contribution in [0.3, 0.4) is 0 Å². The first-order valence-corrected chi connectivity index (χ1v) is 9.61. The van der Waals surface area contributed by atoms with Gasteiger partial charge in [0.2, 0.25) is 0 Å². The molecule has 0 saturated carbocycles. The summed E-state index contributed by atoms with van der Waals surface area (Å²) in [5.74, 6) is -0.199. The van der Waals surface area contributed by atoms with Crippen molar-refractivity contribution in [1.82, 2.24) is 4.98 Å². The number of nitrogens with one attached hydrogen (secondary N) is 1. The molecular weight excluding hydrogens is 366 g/mol. The van der Waals surface area contributed by atoms with Gasteiger partial charge in [-0.05, 0) is 62.4 Å². The van der Waals surface area contributed by atoms with Crippen LogP contribution in [0.5, 0.6) is 0 Å². The van der Waals surface area contributed by atoms with Crippen LogP contribution < -0.4 is 5.32 Å². The zero-order valence-electron chi connectivity index (χ0n) is 14.4. The van der Waals surface area contributed by atoms with Crippen LogP contribution in [-0.2, 0) is 12.8 Å². The molecule has 1 aromatic carbocycles. The molecule has 4 nitrogen and oxygen atoms in total. The molecule has 1 aliphatic carbocycles. The maximum Gasteiger partial charge on any atom is 0.257 e. The van der Waals surface area contributed by atoms with E-state index in [-0.39, 0.29) is 5.91 Å². The van der Waals surface area contributed by atoms with Crippen molar-refractivity contribution in [2.45, 2.75) is 33.1 Å². The quantitative estimate of drug-likeness (QED) is 0.665. The molecule has 0 saturated heterocycles. The summed E-state index contributed by atoms with van der Waals surface area (Å²) in [5, 5.41) is 14.3. The van der Waals surface area contributed by atoms with Crippen LogP contribution in [-0.4, -0.2) is 10.9 Å². The lowest BCUT2D eigenvalue weighted by atomic mass is 10.0. The smallest absolute Gasteiger partial charge is 0.257 e. The number of pyridine rings is 1. The molecule has 6 heteroatoms. The number of aromatic nitrogens is 1. The van der Waals surface area contributed by atoms with E-state index in [4.69, 9.17) is 16.6 Å². The Bertz CT molecular complexity index is 1110. The number of nitriles is 1. The molecule has 130 valence electrons. The van der Waals surface area contributed by atoms with Crippen LogP contribution in [0.2, 0.25) is 5.02 Å². The predicted octanol–water partition coefficient (Wildman–Crippen LogP) is 5.18. The average molecular weight is 382 g/mol. The predicted molar refractivity (Wildman–Crippen MR) is 105 cm³/mol. The highest BCUT2D eigenvalue weighted by molar-refractivity contribution is 7.16. The first-order chi connectivity index (χ1) is 12.5. The number of nitrogens with zero attached hydrogens (tertiary/aromatic N) is 2. The van der Waals surface area contributed by atoms with Gasteiger partial charge in [-0.3, -0.25) is 9.78 Å². The second kappa shape index (κ2) is 6.39. The number of aryl methyl sites for hydroxylation is 2. The molecular formula is C20H16ClN3OS. The van der Waals surface area contributed by atoms with Crippen LogP contribution in [0.1, 0.15) is 44.0 Å². The summed E-state index contributed by atoms with van der Waals surface area (Å²) in [7, 11) is 0. The number of carbonyl (C=O) groups excluding carboxylic acids is 1. The molecule has 1 amide bonds. The molecule has 0 fully saturated rings. The zero-order valence-corrected chi connectivity index (χ0v) is 16.0. The van der Waals surface area contributed by atoms with Crippen molar-refractivity contribution in [3.05, 3.63) is 56.0 Å². The van der Waals surface area contributed by atoms with Gasteiger partial charge < -0.3 is 5.32 Å². The van der Waals surface area contributed by atoms with E-state index in [1.165, 1.54) is 11.3 Å². The molecule has 1 N–H and O–H groups in total. The van der Waals surface area contributed by atoms with Gasteiger partial charge in [0.25, 0.3) is 5.91 Å². The zero-order chi connectivity index (χ0) is 18.4. The highest BCUT2D eigenvalue weighted by atomic mass is 35.5. The number of rotatable bonds is 2. The Balaban J connectivity index is 1.86. The highest BCUT2D eigenvalue weighted by Crippen LogP contribution is 2.35. The van der Waals surface area contributed by atoms with Crippen LogP contribution in [0.4, 0.5) is 5.00 Å². The van der Waals surface area contributed by atoms with E-state index < -0.39 is 0 Å². The lowest BCUT2D eigenvalue weighted by Crippen LogP contribution is -2.15. The van der Waals surface area contributed by atoms with E-state index in [2.05, 4.69) is 11.4 Å². The standard InChI is InChI=1S/C20H16ClN3OS/c1-10-11(2)26-20(15(10)9-22)24-19(25)18-13-4-3-5-16(13)23-17-7-6-12(21)8-14(17)18/h6-8H,3-5H2,1-2H3,(H,24,25). The van der Waals surface area contributed by atoms with Gasteiger partial charge in [-0.25, -0.2) is 0 Å². The normalized spacial score (nSPS) is 12.8. The summed E-state index contributed by atoms with van der Waals surface area (Å²) in [6.07, 6.45) is 2.71. The van der Waals surface area contributed by atoms with E-state index in [0.717, 1.165) is 51.9 Å². The van der Waals surface area contributed by atoms with Crippen LogP contribution in [0.15, 0.2) is 18.2 Å². The Morgan fingerprint density at radius 3 is 2.92 bits per heavy atom. The van der Waals surface area contributed by atoms with Crippen LogP contribution in [0, 0.1) is 25.2 Å². The number of halogens is 1.